The number of hydrogen-bond donors (Lipinski definition) is 1. The predicted octanol–water partition coefficient (Wildman–Crippen LogP) is 1.42. The molecule has 13 heavy (non-hydrogen) atoms. The molecule has 0 radical (unpaired) electrons. The standard InChI is InChI=1S/C11H12O2/c1-7(12)10-6-8-4-2-3-5-9(8)11(10)13/h2-5,7,10,12H,6H2,1H3. The molecular formula is C11H12O2. The number of carbonyl (C=O) groups excluding carboxylic acids is 1. The van der Waals surface area contributed by atoms with E-state index in [1.165, 1.54) is 0 Å². The predicted molar refractivity (Wildman–Crippen MR) is 49.6 cm³/mol. The van der Waals surface area contributed by atoms with E-state index in [-0.39, 0.29) is 11.7 Å². The maximum atomic E-state index is 11.7. The van der Waals surface area contributed by atoms with E-state index in [0.717, 1.165) is 11.1 Å². The van der Waals surface area contributed by atoms with Gasteiger partial charge in [-0.25, -0.2) is 0 Å². The summed E-state index contributed by atoms with van der Waals surface area (Å²) in [4.78, 5) is 11.7. The third-order valence-corrected chi connectivity index (χ3v) is 2.64. The van der Waals surface area contributed by atoms with Crippen molar-refractivity contribution in [2.75, 3.05) is 0 Å². The molecule has 0 bridgehead atoms. The average Bonchev–Trinajstić information content (AvgIpc) is 2.45. The summed E-state index contributed by atoms with van der Waals surface area (Å²) in [7, 11) is 0. The summed E-state index contributed by atoms with van der Waals surface area (Å²) in [6.07, 6.45) is 0.145. The SMILES string of the molecule is CC(O)C1Cc2ccccc2C1=O. The number of Topliss-reactive ketones (excluding diaryl/α,β-unsaturated/α-hetero) is 1. The minimum atomic E-state index is -0.542. The zero-order valence-electron chi connectivity index (χ0n) is 7.53. The minimum Gasteiger partial charge on any atom is -0.393 e. The van der Waals surface area contributed by atoms with Gasteiger partial charge in [-0.2, -0.15) is 0 Å². The largest absolute Gasteiger partial charge is 0.393 e. The molecule has 2 nitrogen and oxygen atoms in total. The first-order valence-electron chi connectivity index (χ1n) is 4.50. The molecule has 1 aromatic rings. The molecule has 0 fully saturated rings. The Labute approximate surface area is 77.2 Å². The molecule has 1 aromatic carbocycles. The highest BCUT2D eigenvalue weighted by molar-refractivity contribution is 6.02. The molecule has 2 heteroatoms. The highest BCUT2D eigenvalue weighted by Crippen LogP contribution is 2.28. The van der Waals surface area contributed by atoms with E-state index in [4.69, 9.17) is 0 Å². The second-order valence-corrected chi connectivity index (χ2v) is 3.57. The number of ketones is 1. The number of hydrogen-bond acceptors (Lipinski definition) is 2. The number of aliphatic hydroxyl groups is 1. The van der Waals surface area contributed by atoms with E-state index in [0.29, 0.717) is 6.42 Å². The van der Waals surface area contributed by atoms with Crippen LogP contribution in [0.4, 0.5) is 0 Å². The van der Waals surface area contributed by atoms with Crippen molar-refractivity contribution in [2.24, 2.45) is 5.92 Å². The van der Waals surface area contributed by atoms with Crippen LogP contribution in [-0.2, 0) is 6.42 Å². The highest BCUT2D eigenvalue weighted by Gasteiger charge is 2.32. The van der Waals surface area contributed by atoms with Crippen LogP contribution in [0.15, 0.2) is 24.3 Å². The quantitative estimate of drug-likeness (QED) is 0.702. The first-order valence-corrected chi connectivity index (χ1v) is 4.50. The van der Waals surface area contributed by atoms with Gasteiger partial charge >= 0.3 is 0 Å². The summed E-state index contributed by atoms with van der Waals surface area (Å²) in [6, 6.07) is 7.58. The lowest BCUT2D eigenvalue weighted by Crippen LogP contribution is -2.22. The maximum absolute atomic E-state index is 11.7. The molecule has 2 rings (SSSR count). The van der Waals surface area contributed by atoms with Gasteiger partial charge in [0.2, 0.25) is 0 Å². The van der Waals surface area contributed by atoms with E-state index in [2.05, 4.69) is 0 Å². The van der Waals surface area contributed by atoms with Gasteiger partial charge in [0.05, 0.1) is 12.0 Å². The fourth-order valence-corrected chi connectivity index (χ4v) is 1.86. The minimum absolute atomic E-state index is 0.0885. The molecule has 2 atom stereocenters. The Morgan fingerprint density at radius 2 is 2.15 bits per heavy atom. The molecule has 0 saturated heterocycles. The van der Waals surface area contributed by atoms with Gasteiger partial charge in [0.25, 0.3) is 0 Å². The van der Waals surface area contributed by atoms with Gasteiger partial charge in [0.1, 0.15) is 0 Å². The van der Waals surface area contributed by atoms with Crippen LogP contribution in [0.2, 0.25) is 0 Å². The first-order chi connectivity index (χ1) is 6.20. The lowest BCUT2D eigenvalue weighted by Gasteiger charge is -2.09. The van der Waals surface area contributed by atoms with Crippen molar-refractivity contribution in [3.8, 4) is 0 Å². The van der Waals surface area contributed by atoms with E-state index in [1.807, 2.05) is 24.3 Å². The number of aliphatic hydroxyl groups excluding tert-OH is 1. The molecule has 0 amide bonds. The average molecular weight is 176 g/mol. The van der Waals surface area contributed by atoms with Crippen molar-refractivity contribution in [2.45, 2.75) is 19.4 Å². The van der Waals surface area contributed by atoms with Gasteiger partial charge in [-0.1, -0.05) is 24.3 Å². The van der Waals surface area contributed by atoms with Crippen LogP contribution >= 0.6 is 0 Å². The Hall–Kier alpha value is -1.15. The normalized spacial score (nSPS) is 22.9. The topological polar surface area (TPSA) is 37.3 Å². The second kappa shape index (κ2) is 2.96. The van der Waals surface area contributed by atoms with Crippen LogP contribution in [-0.4, -0.2) is 17.0 Å². The fraction of sp³-hybridized carbons (Fsp3) is 0.364. The number of fused-ring (bicyclic) bond motifs is 1. The molecule has 1 aliphatic rings. The van der Waals surface area contributed by atoms with Crippen molar-refractivity contribution >= 4 is 5.78 Å². The zero-order chi connectivity index (χ0) is 9.42. The molecular weight excluding hydrogens is 164 g/mol. The Morgan fingerprint density at radius 1 is 1.46 bits per heavy atom. The number of carbonyl (C=O) groups is 1. The molecule has 0 saturated carbocycles. The summed E-state index contributed by atoms with van der Waals surface area (Å²) in [6.45, 7) is 1.68. The van der Waals surface area contributed by atoms with E-state index >= 15 is 0 Å². The van der Waals surface area contributed by atoms with Gasteiger partial charge in [-0.15, -0.1) is 0 Å². The van der Waals surface area contributed by atoms with E-state index in [1.54, 1.807) is 6.92 Å². The number of benzene rings is 1. The molecule has 1 N–H and O–H groups in total. The van der Waals surface area contributed by atoms with Crippen LogP contribution < -0.4 is 0 Å². The van der Waals surface area contributed by atoms with Crippen LogP contribution in [0, 0.1) is 5.92 Å². The summed E-state index contributed by atoms with van der Waals surface area (Å²) >= 11 is 0. The Morgan fingerprint density at radius 3 is 2.77 bits per heavy atom. The van der Waals surface area contributed by atoms with Crippen molar-refractivity contribution < 1.29 is 9.90 Å². The summed E-state index contributed by atoms with van der Waals surface area (Å²) in [5.74, 6) is -0.136. The van der Waals surface area contributed by atoms with E-state index < -0.39 is 6.10 Å². The lowest BCUT2D eigenvalue weighted by atomic mass is 10.00. The van der Waals surface area contributed by atoms with Crippen LogP contribution in [0.25, 0.3) is 0 Å². The number of rotatable bonds is 1. The third kappa shape index (κ3) is 1.27. The highest BCUT2D eigenvalue weighted by atomic mass is 16.3. The monoisotopic (exact) mass is 176 g/mol. The fourth-order valence-electron chi connectivity index (χ4n) is 1.86. The van der Waals surface area contributed by atoms with Gasteiger partial charge in [0.15, 0.2) is 5.78 Å². The maximum Gasteiger partial charge on any atom is 0.169 e. The van der Waals surface area contributed by atoms with Crippen LogP contribution in [0.5, 0.6) is 0 Å². The summed E-state index contributed by atoms with van der Waals surface area (Å²) < 4.78 is 0. The second-order valence-electron chi connectivity index (χ2n) is 3.57. The molecule has 1 aliphatic carbocycles. The summed E-state index contributed by atoms with van der Waals surface area (Å²) in [5, 5.41) is 9.37. The third-order valence-electron chi connectivity index (χ3n) is 2.64. The Kier molecular flexibility index (Phi) is 1.93. The van der Waals surface area contributed by atoms with Crippen molar-refractivity contribution in [3.63, 3.8) is 0 Å². The van der Waals surface area contributed by atoms with Gasteiger partial charge < -0.3 is 5.11 Å². The molecule has 0 aromatic heterocycles. The van der Waals surface area contributed by atoms with Crippen LogP contribution in [0.3, 0.4) is 0 Å². The molecule has 0 heterocycles. The molecule has 68 valence electrons. The molecule has 0 aliphatic heterocycles. The van der Waals surface area contributed by atoms with Crippen LogP contribution in [0.1, 0.15) is 22.8 Å². The zero-order valence-corrected chi connectivity index (χ0v) is 7.53. The smallest absolute Gasteiger partial charge is 0.169 e. The van der Waals surface area contributed by atoms with Gasteiger partial charge in [-0.05, 0) is 18.9 Å². The van der Waals surface area contributed by atoms with E-state index in [9.17, 15) is 9.90 Å². The van der Waals surface area contributed by atoms with Gasteiger partial charge in [-0.3, -0.25) is 4.79 Å². The van der Waals surface area contributed by atoms with Gasteiger partial charge in [0, 0.05) is 5.56 Å². The Balaban J connectivity index is 2.38. The van der Waals surface area contributed by atoms with Crippen molar-refractivity contribution in [1.82, 2.24) is 0 Å². The van der Waals surface area contributed by atoms with Crippen molar-refractivity contribution in [3.05, 3.63) is 35.4 Å². The van der Waals surface area contributed by atoms with Crippen molar-refractivity contribution in [1.29, 1.82) is 0 Å². The lowest BCUT2D eigenvalue weighted by molar-refractivity contribution is 0.0758. The molecule has 2 unspecified atom stereocenters. The summed E-state index contributed by atoms with van der Waals surface area (Å²) in [5.41, 5.74) is 1.85. The Bertz CT molecular complexity index is 342. The molecule has 0 spiro atoms. The first kappa shape index (κ1) is 8.45.